The third-order valence-electron chi connectivity index (χ3n) is 2.14. The highest BCUT2D eigenvalue weighted by molar-refractivity contribution is 5.39. The molecule has 0 radical (unpaired) electrons. The van der Waals surface area contributed by atoms with Crippen LogP contribution in [0.15, 0.2) is 15.6 Å². The highest BCUT2D eigenvalue weighted by Crippen LogP contribution is 2.49. The summed E-state index contributed by atoms with van der Waals surface area (Å²) in [5.41, 5.74) is -0.495. The van der Waals surface area contributed by atoms with Gasteiger partial charge in [0.25, 0.3) is 5.88 Å². The van der Waals surface area contributed by atoms with Crippen LogP contribution in [-0.4, -0.2) is 18.3 Å². The Kier molecular flexibility index (Phi) is 1.67. The van der Waals surface area contributed by atoms with Gasteiger partial charge in [-0.2, -0.15) is 4.99 Å². The topological polar surface area (TPSA) is 64.7 Å². The van der Waals surface area contributed by atoms with E-state index in [1.165, 1.54) is 7.11 Å². The molecule has 1 heterocycles. The first kappa shape index (κ1) is 8.01. The molecule has 0 amide bonds. The quantitative estimate of drug-likeness (QED) is 0.514. The van der Waals surface area contributed by atoms with E-state index in [2.05, 4.69) is 10.1 Å². The standard InChI is InChI=1S/C8H8N2O3/c1-12-7-4-6(13-10-7)8(2-3-8)9-5-11/h4H,2-3H2,1H3. The Bertz CT molecular complexity index is 361. The lowest BCUT2D eigenvalue weighted by Gasteiger charge is -1.98. The number of nitrogens with zero attached hydrogens (tertiary/aromatic N) is 2. The first-order chi connectivity index (χ1) is 6.30. The zero-order valence-corrected chi connectivity index (χ0v) is 7.11. The number of methoxy groups -OCH3 is 1. The average Bonchev–Trinajstić information content (AvgIpc) is 2.78. The van der Waals surface area contributed by atoms with Crippen LogP contribution in [0.5, 0.6) is 5.88 Å². The van der Waals surface area contributed by atoms with E-state index in [0.29, 0.717) is 11.6 Å². The Morgan fingerprint density at radius 2 is 2.54 bits per heavy atom. The minimum absolute atomic E-state index is 0.405. The Balaban J connectivity index is 2.30. The third-order valence-corrected chi connectivity index (χ3v) is 2.14. The summed E-state index contributed by atoms with van der Waals surface area (Å²) in [6.45, 7) is 0. The SMILES string of the molecule is COc1cc(C2(N=C=O)CC2)on1. The molecule has 0 bridgehead atoms. The third kappa shape index (κ3) is 1.23. The second kappa shape index (κ2) is 2.71. The Labute approximate surface area is 74.4 Å². The number of aromatic nitrogens is 1. The zero-order valence-electron chi connectivity index (χ0n) is 7.11. The van der Waals surface area contributed by atoms with E-state index >= 15 is 0 Å². The zero-order chi connectivity index (χ0) is 9.31. The van der Waals surface area contributed by atoms with Crippen LogP contribution in [-0.2, 0) is 10.3 Å². The molecule has 1 saturated carbocycles. The Morgan fingerprint density at radius 3 is 3.00 bits per heavy atom. The van der Waals surface area contributed by atoms with Crippen molar-refractivity contribution in [2.45, 2.75) is 18.4 Å². The van der Waals surface area contributed by atoms with Crippen molar-refractivity contribution in [2.24, 2.45) is 4.99 Å². The molecule has 0 aliphatic heterocycles. The fourth-order valence-corrected chi connectivity index (χ4v) is 1.19. The summed E-state index contributed by atoms with van der Waals surface area (Å²) in [7, 11) is 1.50. The van der Waals surface area contributed by atoms with Crippen molar-refractivity contribution in [2.75, 3.05) is 7.11 Å². The number of hydrogen-bond donors (Lipinski definition) is 0. The normalized spacial score (nSPS) is 17.6. The summed E-state index contributed by atoms with van der Waals surface area (Å²) >= 11 is 0. The minimum atomic E-state index is -0.495. The van der Waals surface area contributed by atoms with Crippen molar-refractivity contribution in [1.82, 2.24) is 5.16 Å². The molecule has 2 rings (SSSR count). The van der Waals surface area contributed by atoms with Crippen LogP contribution in [0.1, 0.15) is 18.6 Å². The molecule has 0 aromatic carbocycles. The molecule has 1 aromatic heterocycles. The fourth-order valence-electron chi connectivity index (χ4n) is 1.19. The molecule has 0 saturated heterocycles. The lowest BCUT2D eigenvalue weighted by atomic mass is 10.2. The molecule has 5 nitrogen and oxygen atoms in total. The summed E-state index contributed by atoms with van der Waals surface area (Å²) in [4.78, 5) is 13.8. The van der Waals surface area contributed by atoms with Crippen molar-refractivity contribution in [3.63, 3.8) is 0 Å². The highest BCUT2D eigenvalue weighted by atomic mass is 16.5. The maximum absolute atomic E-state index is 10.1. The van der Waals surface area contributed by atoms with Gasteiger partial charge in [0, 0.05) is 6.07 Å². The van der Waals surface area contributed by atoms with Crippen LogP contribution in [0, 0.1) is 0 Å². The van der Waals surface area contributed by atoms with Gasteiger partial charge in [0.05, 0.1) is 7.11 Å². The van der Waals surface area contributed by atoms with Gasteiger partial charge in [-0.15, -0.1) is 0 Å². The molecule has 1 fully saturated rings. The van der Waals surface area contributed by atoms with Gasteiger partial charge in [-0.25, -0.2) is 4.79 Å². The number of isocyanates is 1. The average molecular weight is 180 g/mol. The highest BCUT2D eigenvalue weighted by Gasteiger charge is 2.48. The maximum Gasteiger partial charge on any atom is 0.254 e. The molecular formula is C8H8N2O3. The van der Waals surface area contributed by atoms with Gasteiger partial charge in [0.2, 0.25) is 6.08 Å². The minimum Gasteiger partial charge on any atom is -0.479 e. The smallest absolute Gasteiger partial charge is 0.254 e. The van der Waals surface area contributed by atoms with Gasteiger partial charge in [0.15, 0.2) is 5.76 Å². The summed E-state index contributed by atoms with van der Waals surface area (Å²) < 4.78 is 9.84. The molecule has 13 heavy (non-hydrogen) atoms. The van der Waals surface area contributed by atoms with Crippen LogP contribution in [0.25, 0.3) is 0 Å². The lowest BCUT2D eigenvalue weighted by Crippen LogP contribution is -1.99. The van der Waals surface area contributed by atoms with Crippen molar-refractivity contribution in [3.05, 3.63) is 11.8 Å². The van der Waals surface area contributed by atoms with Gasteiger partial charge in [-0.1, -0.05) is 0 Å². The molecule has 1 aromatic rings. The summed E-state index contributed by atoms with van der Waals surface area (Å²) in [5.74, 6) is 0.982. The Hall–Kier alpha value is -1.61. The van der Waals surface area contributed by atoms with Crippen molar-refractivity contribution >= 4 is 6.08 Å². The number of hydrogen-bond acceptors (Lipinski definition) is 5. The second-order valence-corrected chi connectivity index (χ2v) is 2.97. The van der Waals surface area contributed by atoms with Crippen LogP contribution in [0.2, 0.25) is 0 Å². The molecule has 68 valence electrons. The van der Waals surface area contributed by atoms with E-state index in [1.54, 1.807) is 12.1 Å². The first-order valence-corrected chi connectivity index (χ1v) is 3.91. The van der Waals surface area contributed by atoms with E-state index in [1.807, 2.05) is 0 Å². The van der Waals surface area contributed by atoms with Crippen LogP contribution in [0.4, 0.5) is 0 Å². The van der Waals surface area contributed by atoms with E-state index in [9.17, 15) is 4.79 Å². The number of ether oxygens (including phenoxy) is 1. The number of carbonyl (C=O) groups excluding carboxylic acids is 1. The molecule has 5 heteroatoms. The monoisotopic (exact) mass is 180 g/mol. The number of aliphatic imine (C=N–C) groups is 1. The second-order valence-electron chi connectivity index (χ2n) is 2.97. The first-order valence-electron chi connectivity index (χ1n) is 3.91. The summed E-state index contributed by atoms with van der Waals surface area (Å²) in [5, 5.41) is 3.64. The van der Waals surface area contributed by atoms with E-state index in [4.69, 9.17) is 9.26 Å². The van der Waals surface area contributed by atoms with Crippen LogP contribution >= 0.6 is 0 Å². The molecule has 0 unspecified atom stereocenters. The molecular weight excluding hydrogens is 172 g/mol. The van der Waals surface area contributed by atoms with Crippen molar-refractivity contribution in [1.29, 1.82) is 0 Å². The van der Waals surface area contributed by atoms with Gasteiger partial charge >= 0.3 is 0 Å². The van der Waals surface area contributed by atoms with E-state index < -0.39 is 5.54 Å². The summed E-state index contributed by atoms with van der Waals surface area (Å²) in [6.07, 6.45) is 3.15. The number of rotatable bonds is 3. The molecule has 0 spiro atoms. The van der Waals surface area contributed by atoms with Gasteiger partial charge in [-0.3, -0.25) is 0 Å². The Morgan fingerprint density at radius 1 is 1.77 bits per heavy atom. The van der Waals surface area contributed by atoms with Gasteiger partial charge < -0.3 is 9.26 Å². The summed E-state index contributed by atoms with van der Waals surface area (Å²) in [6, 6.07) is 1.65. The molecule has 1 aliphatic rings. The molecule has 0 atom stereocenters. The van der Waals surface area contributed by atoms with Gasteiger partial charge in [0.1, 0.15) is 5.54 Å². The van der Waals surface area contributed by atoms with Gasteiger partial charge in [-0.05, 0) is 18.0 Å². The van der Waals surface area contributed by atoms with E-state index in [-0.39, 0.29) is 0 Å². The van der Waals surface area contributed by atoms with Crippen LogP contribution in [0.3, 0.4) is 0 Å². The largest absolute Gasteiger partial charge is 0.479 e. The predicted octanol–water partition coefficient (Wildman–Crippen LogP) is 1.01. The fraction of sp³-hybridized carbons (Fsp3) is 0.500. The van der Waals surface area contributed by atoms with E-state index in [0.717, 1.165) is 12.8 Å². The lowest BCUT2D eigenvalue weighted by molar-refractivity contribution is 0.314. The van der Waals surface area contributed by atoms with Crippen LogP contribution < -0.4 is 4.74 Å². The van der Waals surface area contributed by atoms with Crippen molar-refractivity contribution < 1.29 is 14.1 Å². The van der Waals surface area contributed by atoms with Crippen molar-refractivity contribution in [3.8, 4) is 5.88 Å². The molecule has 1 aliphatic carbocycles. The molecule has 0 N–H and O–H groups in total. The maximum atomic E-state index is 10.1. The predicted molar refractivity (Wildman–Crippen MR) is 42.1 cm³/mol.